The van der Waals surface area contributed by atoms with Crippen LogP contribution in [0.15, 0.2) is 40.9 Å². The summed E-state index contributed by atoms with van der Waals surface area (Å²) in [6, 6.07) is 11.0. The van der Waals surface area contributed by atoms with Gasteiger partial charge in [-0.25, -0.2) is 0 Å². The highest BCUT2D eigenvalue weighted by atomic mass is 127. The van der Waals surface area contributed by atoms with Crippen LogP contribution in [-0.4, -0.2) is 0 Å². The number of benzene rings is 2. The van der Waals surface area contributed by atoms with Crippen molar-refractivity contribution in [1.82, 2.24) is 0 Å². The van der Waals surface area contributed by atoms with Gasteiger partial charge < -0.3 is 10.5 Å². The molecule has 5 heteroatoms. The molecule has 2 aromatic carbocycles. The third-order valence-electron chi connectivity index (χ3n) is 2.09. The van der Waals surface area contributed by atoms with Crippen molar-refractivity contribution in [2.45, 2.75) is 0 Å². The van der Waals surface area contributed by atoms with Gasteiger partial charge >= 0.3 is 0 Å². The first-order valence-corrected chi connectivity index (χ1v) is 6.99. The van der Waals surface area contributed by atoms with Gasteiger partial charge in [0.25, 0.3) is 0 Å². The molecular formula is C12H8BrClINO. The van der Waals surface area contributed by atoms with E-state index in [1.807, 2.05) is 18.2 Å². The van der Waals surface area contributed by atoms with E-state index in [0.717, 1.165) is 8.04 Å². The Morgan fingerprint density at radius 2 is 1.82 bits per heavy atom. The lowest BCUT2D eigenvalue weighted by Gasteiger charge is -2.10. The maximum Gasteiger partial charge on any atom is 0.150 e. The van der Waals surface area contributed by atoms with E-state index in [0.29, 0.717) is 22.2 Å². The molecule has 0 bridgehead atoms. The van der Waals surface area contributed by atoms with Crippen LogP contribution < -0.4 is 10.5 Å². The Balaban J connectivity index is 2.31. The summed E-state index contributed by atoms with van der Waals surface area (Å²) in [6.45, 7) is 0. The van der Waals surface area contributed by atoms with E-state index in [1.54, 1.807) is 18.2 Å². The van der Waals surface area contributed by atoms with Crippen molar-refractivity contribution in [2.24, 2.45) is 0 Å². The molecule has 0 aliphatic heterocycles. The summed E-state index contributed by atoms with van der Waals surface area (Å²) in [4.78, 5) is 0. The van der Waals surface area contributed by atoms with E-state index in [2.05, 4.69) is 38.5 Å². The number of rotatable bonds is 2. The molecule has 0 saturated heterocycles. The van der Waals surface area contributed by atoms with E-state index in [-0.39, 0.29) is 0 Å². The molecule has 0 atom stereocenters. The number of ether oxygens (including phenoxy) is 1. The zero-order chi connectivity index (χ0) is 12.4. The fourth-order valence-electron chi connectivity index (χ4n) is 1.29. The molecule has 2 nitrogen and oxygen atoms in total. The average molecular weight is 424 g/mol. The summed E-state index contributed by atoms with van der Waals surface area (Å²) in [7, 11) is 0. The molecule has 2 N–H and O–H groups in total. The van der Waals surface area contributed by atoms with Gasteiger partial charge in [0.15, 0.2) is 0 Å². The van der Waals surface area contributed by atoms with Gasteiger partial charge in [0.2, 0.25) is 0 Å². The van der Waals surface area contributed by atoms with Crippen LogP contribution in [0.3, 0.4) is 0 Å². The summed E-state index contributed by atoms with van der Waals surface area (Å²) in [5, 5.41) is 0.653. The van der Waals surface area contributed by atoms with Crippen LogP contribution in [0.25, 0.3) is 0 Å². The maximum atomic E-state index is 5.88. The molecule has 0 fully saturated rings. The predicted octanol–water partition coefficient (Wildman–Crippen LogP) is 5.08. The fourth-order valence-corrected chi connectivity index (χ4v) is 2.57. The Morgan fingerprint density at radius 3 is 2.47 bits per heavy atom. The minimum absolute atomic E-state index is 0.610. The van der Waals surface area contributed by atoms with Gasteiger partial charge in [-0.2, -0.15) is 0 Å². The van der Waals surface area contributed by atoms with Gasteiger partial charge in [-0.1, -0.05) is 11.6 Å². The number of hydrogen-bond donors (Lipinski definition) is 1. The van der Waals surface area contributed by atoms with Crippen molar-refractivity contribution in [3.05, 3.63) is 49.5 Å². The van der Waals surface area contributed by atoms with E-state index in [9.17, 15) is 0 Å². The van der Waals surface area contributed by atoms with Crippen molar-refractivity contribution in [3.8, 4) is 11.5 Å². The molecule has 17 heavy (non-hydrogen) atoms. The highest BCUT2D eigenvalue weighted by Crippen LogP contribution is 2.34. The molecule has 0 saturated carbocycles. The predicted molar refractivity (Wildman–Crippen MR) is 82.8 cm³/mol. The molecule has 0 amide bonds. The number of hydrogen-bond acceptors (Lipinski definition) is 2. The zero-order valence-electron chi connectivity index (χ0n) is 8.58. The molecule has 2 rings (SSSR count). The minimum Gasteiger partial charge on any atom is -0.454 e. The summed E-state index contributed by atoms with van der Waals surface area (Å²) in [5.74, 6) is 1.32. The first kappa shape index (κ1) is 13.0. The van der Waals surface area contributed by atoms with E-state index >= 15 is 0 Å². The lowest BCUT2D eigenvalue weighted by molar-refractivity contribution is 0.482. The second-order valence-corrected chi connectivity index (χ2v) is 5.90. The van der Waals surface area contributed by atoms with Crippen LogP contribution in [0, 0.1) is 3.57 Å². The SMILES string of the molecule is Nc1cc(I)ccc1Oc1ccc(Cl)cc1Br. The van der Waals surface area contributed by atoms with Crippen LogP contribution in [0.5, 0.6) is 11.5 Å². The first-order chi connectivity index (χ1) is 8.06. The highest BCUT2D eigenvalue weighted by Gasteiger charge is 2.06. The lowest BCUT2D eigenvalue weighted by Crippen LogP contribution is -1.93. The molecule has 0 heterocycles. The summed E-state index contributed by atoms with van der Waals surface area (Å²) in [6.07, 6.45) is 0. The monoisotopic (exact) mass is 423 g/mol. The summed E-state index contributed by atoms with van der Waals surface area (Å²) < 4.78 is 7.58. The topological polar surface area (TPSA) is 35.2 Å². The summed E-state index contributed by atoms with van der Waals surface area (Å²) in [5.41, 5.74) is 6.49. The van der Waals surface area contributed by atoms with E-state index in [4.69, 9.17) is 22.1 Å². The smallest absolute Gasteiger partial charge is 0.150 e. The minimum atomic E-state index is 0.610. The second-order valence-electron chi connectivity index (χ2n) is 3.36. The number of halogens is 3. The molecule has 2 aromatic rings. The zero-order valence-corrected chi connectivity index (χ0v) is 13.1. The molecule has 0 aromatic heterocycles. The van der Waals surface area contributed by atoms with Crippen LogP contribution in [0.2, 0.25) is 5.02 Å². The largest absolute Gasteiger partial charge is 0.454 e. The number of nitrogens with two attached hydrogens (primary N) is 1. The normalized spacial score (nSPS) is 10.3. The number of anilines is 1. The molecule has 0 spiro atoms. The Hall–Kier alpha value is -0.460. The quantitative estimate of drug-likeness (QED) is 0.539. The Kier molecular flexibility index (Phi) is 4.17. The van der Waals surface area contributed by atoms with Gasteiger partial charge in [0.1, 0.15) is 11.5 Å². The van der Waals surface area contributed by atoms with E-state index in [1.165, 1.54) is 0 Å². The molecular weight excluding hydrogens is 416 g/mol. The Labute approximate surface area is 126 Å². The molecule has 0 radical (unpaired) electrons. The van der Waals surface area contributed by atoms with Crippen molar-refractivity contribution in [2.75, 3.05) is 5.73 Å². The maximum absolute atomic E-state index is 5.88. The molecule has 0 unspecified atom stereocenters. The molecule has 0 aliphatic rings. The van der Waals surface area contributed by atoms with Crippen LogP contribution in [0.1, 0.15) is 0 Å². The molecule has 0 aliphatic carbocycles. The Bertz CT molecular complexity index is 513. The van der Waals surface area contributed by atoms with Crippen LogP contribution in [0.4, 0.5) is 5.69 Å². The van der Waals surface area contributed by atoms with Gasteiger partial charge in [0.05, 0.1) is 10.2 Å². The van der Waals surface area contributed by atoms with Gasteiger partial charge in [-0.15, -0.1) is 0 Å². The average Bonchev–Trinajstić information content (AvgIpc) is 2.25. The summed E-state index contributed by atoms with van der Waals surface area (Å²) >= 11 is 11.5. The van der Waals surface area contributed by atoms with Gasteiger partial charge in [0, 0.05) is 8.59 Å². The second kappa shape index (κ2) is 5.46. The molecule has 88 valence electrons. The standard InChI is InChI=1S/C12H8BrClINO/c13-9-5-7(14)1-3-11(9)17-12-4-2-8(15)6-10(12)16/h1-6H,16H2. The van der Waals surface area contributed by atoms with Crippen molar-refractivity contribution >= 4 is 55.8 Å². The van der Waals surface area contributed by atoms with Crippen molar-refractivity contribution < 1.29 is 4.74 Å². The fraction of sp³-hybridized carbons (Fsp3) is 0. The van der Waals surface area contributed by atoms with Gasteiger partial charge in [-0.05, 0) is 74.9 Å². The highest BCUT2D eigenvalue weighted by molar-refractivity contribution is 14.1. The Morgan fingerprint density at radius 1 is 1.12 bits per heavy atom. The lowest BCUT2D eigenvalue weighted by atomic mass is 10.3. The number of nitrogen functional groups attached to an aromatic ring is 1. The van der Waals surface area contributed by atoms with Crippen molar-refractivity contribution in [3.63, 3.8) is 0 Å². The van der Waals surface area contributed by atoms with Crippen molar-refractivity contribution in [1.29, 1.82) is 0 Å². The third kappa shape index (κ3) is 3.26. The first-order valence-electron chi connectivity index (χ1n) is 4.74. The van der Waals surface area contributed by atoms with Crippen LogP contribution in [-0.2, 0) is 0 Å². The van der Waals surface area contributed by atoms with E-state index < -0.39 is 0 Å². The van der Waals surface area contributed by atoms with Gasteiger partial charge in [-0.3, -0.25) is 0 Å². The van der Waals surface area contributed by atoms with Crippen LogP contribution >= 0.6 is 50.1 Å². The third-order valence-corrected chi connectivity index (χ3v) is 3.61.